The molecular weight excluding hydrogens is 336 g/mol. The minimum atomic E-state index is -2.28. The highest BCUT2D eigenvalue weighted by Gasteiger charge is 2.49. The zero-order valence-corrected chi connectivity index (χ0v) is 15.1. The number of carboxylic acids is 1. The summed E-state index contributed by atoms with van der Waals surface area (Å²) in [5.41, 5.74) is -1.89. The Bertz CT molecular complexity index is 777. The van der Waals surface area contributed by atoms with Gasteiger partial charge in [-0.15, -0.1) is 0 Å². The number of hydrogen-bond acceptors (Lipinski definition) is 5. The lowest BCUT2D eigenvalue weighted by atomic mass is 9.97. The second kappa shape index (κ2) is 8.60. The number of benzene rings is 1. The zero-order valence-electron chi connectivity index (χ0n) is 15.1. The summed E-state index contributed by atoms with van der Waals surface area (Å²) in [7, 11) is 0. The minimum absolute atomic E-state index is 0.105. The summed E-state index contributed by atoms with van der Waals surface area (Å²) in [6.07, 6.45) is 5.79. The molecule has 0 saturated heterocycles. The van der Waals surface area contributed by atoms with E-state index in [1.54, 1.807) is 18.2 Å². The molecular formula is C19H24N2O5. The largest absolute Gasteiger partial charge is 0.494 e. The van der Waals surface area contributed by atoms with Crippen molar-refractivity contribution in [1.29, 1.82) is 0 Å². The Morgan fingerprint density at radius 2 is 1.96 bits per heavy atom. The smallest absolute Gasteiger partial charge is 0.388 e. The van der Waals surface area contributed by atoms with Crippen LogP contribution in [0, 0.1) is 10.1 Å². The maximum atomic E-state index is 11.4. The number of rotatable bonds is 10. The average Bonchev–Trinajstić information content (AvgIpc) is 2.63. The summed E-state index contributed by atoms with van der Waals surface area (Å²) in [5, 5.41) is 21.2. The third-order valence-corrected chi connectivity index (χ3v) is 4.46. The van der Waals surface area contributed by atoms with Crippen LogP contribution in [0.4, 0.5) is 0 Å². The van der Waals surface area contributed by atoms with Crippen LogP contribution in [0.2, 0.25) is 0 Å². The molecule has 0 saturated carbocycles. The number of nitro groups is 1. The van der Waals surface area contributed by atoms with Crippen LogP contribution < -0.4 is 4.74 Å². The van der Waals surface area contributed by atoms with Crippen molar-refractivity contribution in [2.75, 3.05) is 6.61 Å². The topological polar surface area (TPSA) is 103 Å². The third-order valence-electron chi connectivity index (χ3n) is 4.46. The van der Waals surface area contributed by atoms with Crippen LogP contribution in [0.15, 0.2) is 30.3 Å². The van der Waals surface area contributed by atoms with E-state index in [0.717, 1.165) is 25.2 Å². The molecule has 0 aliphatic rings. The summed E-state index contributed by atoms with van der Waals surface area (Å²) in [4.78, 5) is 25.9. The van der Waals surface area contributed by atoms with E-state index < -0.39 is 16.4 Å². The van der Waals surface area contributed by atoms with Gasteiger partial charge in [0.2, 0.25) is 0 Å². The zero-order chi connectivity index (χ0) is 19.2. The summed E-state index contributed by atoms with van der Waals surface area (Å²) < 4.78 is 5.74. The fourth-order valence-corrected chi connectivity index (χ4v) is 2.64. The van der Waals surface area contributed by atoms with Crippen molar-refractivity contribution in [2.45, 2.75) is 51.5 Å². The highest BCUT2D eigenvalue weighted by molar-refractivity contribution is 5.83. The number of carbonyl (C=O) groups is 1. The number of fused-ring (bicyclic) bond motifs is 1. The molecule has 2 rings (SSSR count). The van der Waals surface area contributed by atoms with Crippen LogP contribution in [0.3, 0.4) is 0 Å². The van der Waals surface area contributed by atoms with Crippen LogP contribution >= 0.6 is 0 Å². The van der Waals surface area contributed by atoms with E-state index in [2.05, 4.69) is 11.9 Å². The highest BCUT2D eigenvalue weighted by Crippen LogP contribution is 2.27. The molecule has 0 fully saturated rings. The Labute approximate surface area is 152 Å². The standard InChI is InChI=1S/C19H24N2O5/c1-3-4-5-6-7-12-26-15-9-10-16-14(13-15)8-11-17(20-16)19(2,18(22)23)21(24)25/h8-11,13H,3-7,12H2,1-2H3,(H,22,23). The Balaban J connectivity index is 2.12. The number of carboxylic acid groups (broad SMARTS) is 1. The van der Waals surface area contributed by atoms with E-state index in [-0.39, 0.29) is 5.69 Å². The number of hydrogen-bond donors (Lipinski definition) is 1. The van der Waals surface area contributed by atoms with E-state index in [0.29, 0.717) is 17.9 Å². The molecule has 2 aromatic rings. The van der Waals surface area contributed by atoms with E-state index in [1.807, 2.05) is 6.07 Å². The molecule has 7 heteroatoms. The van der Waals surface area contributed by atoms with Crippen molar-refractivity contribution in [3.63, 3.8) is 0 Å². The quantitative estimate of drug-likeness (QED) is 0.388. The molecule has 1 heterocycles. The molecule has 26 heavy (non-hydrogen) atoms. The predicted octanol–water partition coefficient (Wildman–Crippen LogP) is 4.16. The summed E-state index contributed by atoms with van der Waals surface area (Å²) in [5.74, 6) is -0.838. The van der Waals surface area contributed by atoms with E-state index in [4.69, 9.17) is 4.74 Å². The van der Waals surface area contributed by atoms with Crippen molar-refractivity contribution < 1.29 is 19.6 Å². The third kappa shape index (κ3) is 4.28. The Morgan fingerprint density at radius 1 is 1.23 bits per heavy atom. The number of aliphatic carboxylic acids is 1. The molecule has 1 unspecified atom stereocenters. The molecule has 1 atom stereocenters. The van der Waals surface area contributed by atoms with E-state index in [1.165, 1.54) is 25.3 Å². The van der Waals surface area contributed by atoms with Gasteiger partial charge in [-0.2, -0.15) is 0 Å². The highest BCUT2D eigenvalue weighted by atomic mass is 16.6. The van der Waals surface area contributed by atoms with Crippen LogP contribution in [-0.2, 0) is 10.3 Å². The second-order valence-electron chi connectivity index (χ2n) is 6.45. The molecule has 0 aliphatic carbocycles. The molecule has 1 N–H and O–H groups in total. The van der Waals surface area contributed by atoms with Crippen molar-refractivity contribution in [3.8, 4) is 5.75 Å². The van der Waals surface area contributed by atoms with Gasteiger partial charge in [-0.1, -0.05) is 38.7 Å². The molecule has 0 spiro atoms. The summed E-state index contributed by atoms with van der Waals surface area (Å²) >= 11 is 0. The first-order valence-electron chi connectivity index (χ1n) is 8.81. The number of unbranched alkanes of at least 4 members (excludes halogenated alkanes) is 4. The van der Waals surface area contributed by atoms with Crippen LogP contribution in [-0.4, -0.2) is 27.6 Å². The summed E-state index contributed by atoms with van der Waals surface area (Å²) in [6, 6.07) is 8.26. The average molecular weight is 360 g/mol. The minimum Gasteiger partial charge on any atom is -0.494 e. The first kappa shape index (κ1) is 19.6. The Hall–Kier alpha value is -2.70. The molecule has 0 radical (unpaired) electrons. The van der Waals surface area contributed by atoms with E-state index >= 15 is 0 Å². The van der Waals surface area contributed by atoms with Gasteiger partial charge < -0.3 is 9.84 Å². The molecule has 0 aliphatic heterocycles. The van der Waals surface area contributed by atoms with Gasteiger partial charge in [-0.05, 0) is 30.7 Å². The van der Waals surface area contributed by atoms with Crippen molar-refractivity contribution in [1.82, 2.24) is 4.98 Å². The lowest BCUT2D eigenvalue weighted by molar-refractivity contribution is -0.559. The van der Waals surface area contributed by atoms with Crippen molar-refractivity contribution >= 4 is 16.9 Å². The summed E-state index contributed by atoms with van der Waals surface area (Å²) in [6.45, 7) is 3.86. The molecule has 0 amide bonds. The van der Waals surface area contributed by atoms with Crippen LogP contribution in [0.1, 0.15) is 51.6 Å². The number of ether oxygens (including phenoxy) is 1. The van der Waals surface area contributed by atoms with Gasteiger partial charge in [0.1, 0.15) is 11.4 Å². The van der Waals surface area contributed by atoms with E-state index in [9.17, 15) is 20.0 Å². The number of nitrogens with zero attached hydrogens (tertiary/aromatic N) is 2. The van der Waals surface area contributed by atoms with Gasteiger partial charge in [0.25, 0.3) is 0 Å². The number of pyridine rings is 1. The van der Waals surface area contributed by atoms with Crippen LogP contribution in [0.25, 0.3) is 10.9 Å². The van der Waals surface area contributed by atoms with Gasteiger partial charge in [0.15, 0.2) is 0 Å². The lowest BCUT2D eigenvalue weighted by Gasteiger charge is -2.16. The first-order chi connectivity index (χ1) is 12.4. The first-order valence-corrected chi connectivity index (χ1v) is 8.81. The molecule has 140 valence electrons. The maximum Gasteiger partial charge on any atom is 0.388 e. The molecule has 0 bridgehead atoms. The maximum absolute atomic E-state index is 11.4. The molecule has 1 aromatic carbocycles. The normalized spacial score (nSPS) is 13.3. The Kier molecular flexibility index (Phi) is 6.49. The van der Waals surface area contributed by atoms with Gasteiger partial charge >= 0.3 is 11.5 Å². The predicted molar refractivity (Wildman–Crippen MR) is 98.0 cm³/mol. The van der Waals surface area contributed by atoms with Gasteiger partial charge in [-0.3, -0.25) is 10.1 Å². The van der Waals surface area contributed by atoms with Crippen molar-refractivity contribution in [2.24, 2.45) is 0 Å². The fraction of sp³-hybridized carbons (Fsp3) is 0.474. The Morgan fingerprint density at radius 3 is 2.62 bits per heavy atom. The lowest BCUT2D eigenvalue weighted by Crippen LogP contribution is -2.41. The monoisotopic (exact) mass is 360 g/mol. The SMILES string of the molecule is CCCCCCCOc1ccc2nc(C(C)(C(=O)O)[N+](=O)[O-])ccc2c1. The van der Waals surface area contributed by atoms with Crippen LogP contribution in [0.5, 0.6) is 5.75 Å². The van der Waals surface area contributed by atoms with Gasteiger partial charge in [-0.25, -0.2) is 9.78 Å². The fourth-order valence-electron chi connectivity index (χ4n) is 2.64. The number of aromatic nitrogens is 1. The molecule has 7 nitrogen and oxygen atoms in total. The van der Waals surface area contributed by atoms with Gasteiger partial charge in [0.05, 0.1) is 12.1 Å². The second-order valence-corrected chi connectivity index (χ2v) is 6.45. The van der Waals surface area contributed by atoms with Gasteiger partial charge in [0, 0.05) is 17.2 Å². The van der Waals surface area contributed by atoms with Crippen molar-refractivity contribution in [3.05, 3.63) is 46.1 Å². The molecule has 1 aromatic heterocycles.